The molecule has 2 rings (SSSR count). The van der Waals surface area contributed by atoms with E-state index < -0.39 is 10.3 Å². The van der Waals surface area contributed by atoms with E-state index in [-0.39, 0.29) is 0 Å². The van der Waals surface area contributed by atoms with Crippen LogP contribution in [0.5, 0.6) is 5.75 Å². The average Bonchev–Trinajstić information content (AvgIpc) is 2.28. The Kier molecular flexibility index (Phi) is 3.13. The van der Waals surface area contributed by atoms with E-state index in [0.29, 0.717) is 5.75 Å². The zero-order chi connectivity index (χ0) is 11.6. The Morgan fingerprint density at radius 1 is 1.38 bits per heavy atom. The molecule has 0 saturated carbocycles. The smallest absolute Gasteiger partial charge is 0.371 e. The summed E-state index contributed by atoms with van der Waals surface area (Å²) in [4.78, 5) is 0. The summed E-state index contributed by atoms with van der Waals surface area (Å²) >= 11 is 0. The van der Waals surface area contributed by atoms with Crippen molar-refractivity contribution in [1.82, 2.24) is 10.0 Å². The van der Waals surface area contributed by atoms with Gasteiger partial charge in [-0.2, -0.15) is 13.1 Å². The molecule has 1 aromatic rings. The van der Waals surface area contributed by atoms with Gasteiger partial charge in [0.25, 0.3) is 0 Å². The van der Waals surface area contributed by atoms with Gasteiger partial charge >= 0.3 is 10.3 Å². The van der Waals surface area contributed by atoms with Crippen molar-refractivity contribution in [2.24, 2.45) is 0 Å². The normalized spacial score (nSPS) is 15.6. The van der Waals surface area contributed by atoms with Crippen LogP contribution < -0.4 is 14.2 Å². The van der Waals surface area contributed by atoms with E-state index in [2.05, 4.69) is 10.0 Å². The molecule has 1 aliphatic heterocycles. The first-order chi connectivity index (χ1) is 7.61. The molecule has 0 spiro atoms. The van der Waals surface area contributed by atoms with Crippen molar-refractivity contribution in [3.63, 3.8) is 0 Å². The highest BCUT2D eigenvalue weighted by atomic mass is 32.2. The third-order valence-electron chi connectivity index (χ3n) is 2.52. The molecule has 0 fully saturated rings. The van der Waals surface area contributed by atoms with Crippen LogP contribution >= 0.6 is 0 Å². The third-order valence-corrected chi connectivity index (χ3v) is 3.43. The van der Waals surface area contributed by atoms with Gasteiger partial charge in [-0.25, -0.2) is 0 Å². The first kappa shape index (κ1) is 11.4. The van der Waals surface area contributed by atoms with Gasteiger partial charge in [0.15, 0.2) is 0 Å². The van der Waals surface area contributed by atoms with Crippen LogP contribution in [-0.2, 0) is 23.3 Å². The second kappa shape index (κ2) is 4.40. The highest BCUT2D eigenvalue weighted by Crippen LogP contribution is 2.21. The van der Waals surface area contributed by atoms with Crippen LogP contribution in [0.15, 0.2) is 18.2 Å². The first-order valence-electron chi connectivity index (χ1n) is 5.06. The maximum Gasteiger partial charge on any atom is 0.382 e. The third kappa shape index (κ3) is 2.52. The summed E-state index contributed by atoms with van der Waals surface area (Å²) in [5, 5.41) is 3.22. The molecule has 88 valence electrons. The quantitative estimate of drug-likeness (QED) is 0.793. The van der Waals surface area contributed by atoms with Crippen LogP contribution in [0.1, 0.15) is 11.1 Å². The molecule has 0 saturated heterocycles. The first-order valence-corrected chi connectivity index (χ1v) is 6.47. The summed E-state index contributed by atoms with van der Waals surface area (Å²) in [5.74, 6) is 0.344. The summed E-state index contributed by atoms with van der Waals surface area (Å²) in [6, 6.07) is 5.35. The molecule has 5 nitrogen and oxygen atoms in total. The molecule has 0 aliphatic carbocycles. The lowest BCUT2D eigenvalue weighted by molar-refractivity contribution is 0.476. The summed E-state index contributed by atoms with van der Waals surface area (Å²) in [6.07, 6.45) is 0.967. The minimum atomic E-state index is -3.67. The average molecular weight is 242 g/mol. The fraction of sp³-hybridized carbons (Fsp3) is 0.400. The number of rotatable bonds is 3. The molecule has 0 amide bonds. The maximum atomic E-state index is 11.2. The van der Waals surface area contributed by atoms with Crippen molar-refractivity contribution in [2.75, 3.05) is 13.6 Å². The summed E-state index contributed by atoms with van der Waals surface area (Å²) < 4.78 is 29.3. The lowest BCUT2D eigenvalue weighted by Gasteiger charge is -2.17. The van der Waals surface area contributed by atoms with E-state index in [1.165, 1.54) is 12.6 Å². The SMILES string of the molecule is CNS(=O)(=O)Oc1ccc2c(c1)CNCC2. The molecular formula is C10H14N2O3S. The van der Waals surface area contributed by atoms with Crippen LogP contribution in [0.3, 0.4) is 0 Å². The van der Waals surface area contributed by atoms with E-state index in [4.69, 9.17) is 4.18 Å². The Morgan fingerprint density at radius 2 is 2.19 bits per heavy atom. The summed E-state index contributed by atoms with van der Waals surface area (Å²) in [6.45, 7) is 1.72. The predicted octanol–water partition coefficient (Wildman–Crippen LogP) is 0.175. The van der Waals surface area contributed by atoms with Gasteiger partial charge in [0.05, 0.1) is 0 Å². The van der Waals surface area contributed by atoms with Crippen molar-refractivity contribution >= 4 is 10.3 Å². The Labute approximate surface area is 95.1 Å². The van der Waals surface area contributed by atoms with E-state index in [9.17, 15) is 8.42 Å². The number of hydrogen-bond donors (Lipinski definition) is 2. The van der Waals surface area contributed by atoms with Crippen molar-refractivity contribution in [3.8, 4) is 5.75 Å². The molecule has 16 heavy (non-hydrogen) atoms. The Hall–Kier alpha value is -1.11. The molecule has 1 aromatic carbocycles. The largest absolute Gasteiger partial charge is 0.382 e. The van der Waals surface area contributed by atoms with E-state index in [1.54, 1.807) is 12.1 Å². The molecule has 0 aromatic heterocycles. The van der Waals surface area contributed by atoms with Gasteiger partial charge < -0.3 is 9.50 Å². The van der Waals surface area contributed by atoms with Crippen LogP contribution in [-0.4, -0.2) is 22.0 Å². The lowest BCUT2D eigenvalue weighted by atomic mass is 10.0. The van der Waals surface area contributed by atoms with Gasteiger partial charge in [0, 0.05) is 13.6 Å². The molecule has 1 heterocycles. The van der Waals surface area contributed by atoms with E-state index in [1.807, 2.05) is 6.07 Å². The molecule has 0 atom stereocenters. The van der Waals surface area contributed by atoms with E-state index in [0.717, 1.165) is 25.1 Å². The van der Waals surface area contributed by atoms with Gasteiger partial charge in [-0.3, -0.25) is 0 Å². The molecule has 2 N–H and O–H groups in total. The number of fused-ring (bicyclic) bond motifs is 1. The standard InChI is InChI=1S/C10H14N2O3S/c1-11-16(13,14)15-10-3-2-8-4-5-12-7-9(8)6-10/h2-3,6,11-12H,4-5,7H2,1H3. The van der Waals surface area contributed by atoms with Crippen molar-refractivity contribution < 1.29 is 12.6 Å². The second-order valence-corrected chi connectivity index (χ2v) is 5.08. The van der Waals surface area contributed by atoms with Crippen molar-refractivity contribution in [2.45, 2.75) is 13.0 Å². The zero-order valence-electron chi connectivity index (χ0n) is 8.99. The number of hydrogen-bond acceptors (Lipinski definition) is 4. The van der Waals surface area contributed by atoms with Gasteiger partial charge in [-0.1, -0.05) is 6.07 Å². The highest BCUT2D eigenvalue weighted by Gasteiger charge is 2.13. The number of nitrogens with one attached hydrogen (secondary N) is 2. The molecule has 1 aliphatic rings. The van der Waals surface area contributed by atoms with Gasteiger partial charge in [0.1, 0.15) is 5.75 Å². The number of benzene rings is 1. The minimum absolute atomic E-state index is 0.344. The summed E-state index contributed by atoms with van der Waals surface area (Å²) in [7, 11) is -2.35. The highest BCUT2D eigenvalue weighted by molar-refractivity contribution is 7.85. The topological polar surface area (TPSA) is 67.4 Å². The van der Waals surface area contributed by atoms with Crippen molar-refractivity contribution in [1.29, 1.82) is 0 Å². The van der Waals surface area contributed by atoms with Gasteiger partial charge in [0.2, 0.25) is 0 Å². The predicted molar refractivity (Wildman–Crippen MR) is 60.5 cm³/mol. The minimum Gasteiger partial charge on any atom is -0.371 e. The molecule has 6 heteroatoms. The van der Waals surface area contributed by atoms with E-state index >= 15 is 0 Å². The molecule has 0 bridgehead atoms. The van der Waals surface area contributed by atoms with Gasteiger partial charge in [-0.15, -0.1) is 0 Å². The zero-order valence-corrected chi connectivity index (χ0v) is 9.80. The van der Waals surface area contributed by atoms with Crippen LogP contribution in [0.4, 0.5) is 0 Å². The maximum absolute atomic E-state index is 11.2. The Bertz CT molecular complexity index is 485. The Morgan fingerprint density at radius 3 is 2.94 bits per heavy atom. The van der Waals surface area contributed by atoms with Crippen LogP contribution in [0, 0.1) is 0 Å². The fourth-order valence-electron chi connectivity index (χ4n) is 1.68. The van der Waals surface area contributed by atoms with Crippen molar-refractivity contribution in [3.05, 3.63) is 29.3 Å². The molecule has 0 unspecified atom stereocenters. The fourth-order valence-corrected chi connectivity index (χ4v) is 2.12. The monoisotopic (exact) mass is 242 g/mol. The second-order valence-electron chi connectivity index (χ2n) is 3.60. The van der Waals surface area contributed by atoms with Gasteiger partial charge in [-0.05, 0) is 36.2 Å². The lowest BCUT2D eigenvalue weighted by Crippen LogP contribution is -2.25. The molecular weight excluding hydrogens is 228 g/mol. The van der Waals surface area contributed by atoms with Crippen LogP contribution in [0.25, 0.3) is 0 Å². The molecule has 0 radical (unpaired) electrons. The van der Waals surface area contributed by atoms with Crippen LogP contribution in [0.2, 0.25) is 0 Å². The summed E-state index contributed by atoms with van der Waals surface area (Å²) in [5.41, 5.74) is 2.34. The Balaban J connectivity index is 2.24.